The van der Waals surface area contributed by atoms with Crippen LogP contribution in [0.25, 0.3) is 0 Å². The third kappa shape index (κ3) is 6.24. The maximum absolute atomic E-state index is 5.35. The number of allylic oxidation sites excluding steroid dienone is 1. The molecule has 0 saturated heterocycles. The summed E-state index contributed by atoms with van der Waals surface area (Å²) in [6.45, 7) is 10.7. The monoisotopic (exact) mass is 389 g/mol. The average molecular weight is 390 g/mol. The van der Waals surface area contributed by atoms with Gasteiger partial charge >= 0.3 is 0 Å². The van der Waals surface area contributed by atoms with Gasteiger partial charge in [0.1, 0.15) is 11.6 Å². The summed E-state index contributed by atoms with van der Waals surface area (Å²) >= 11 is 3.46. The van der Waals surface area contributed by atoms with Crippen LogP contribution in [0.5, 0.6) is 0 Å². The first kappa shape index (κ1) is 18.3. The van der Waals surface area contributed by atoms with E-state index in [0.717, 1.165) is 33.9 Å². The van der Waals surface area contributed by atoms with Gasteiger partial charge in [-0.1, -0.05) is 22.5 Å². The molecule has 0 amide bonds. The van der Waals surface area contributed by atoms with Crippen molar-refractivity contribution < 1.29 is 4.42 Å². The zero-order valence-corrected chi connectivity index (χ0v) is 16.0. The fraction of sp³-hybridized carbons (Fsp3) is 0.316. The van der Waals surface area contributed by atoms with E-state index < -0.39 is 0 Å². The van der Waals surface area contributed by atoms with E-state index in [0.29, 0.717) is 6.54 Å². The summed E-state index contributed by atoms with van der Waals surface area (Å²) in [6.07, 6.45) is 2.40. The van der Waals surface area contributed by atoms with E-state index in [4.69, 9.17) is 4.42 Å². The van der Waals surface area contributed by atoms with E-state index >= 15 is 0 Å². The Morgan fingerprint density at radius 3 is 2.54 bits per heavy atom. The topological polar surface area (TPSA) is 49.6 Å². The fourth-order valence-corrected chi connectivity index (χ4v) is 2.61. The molecule has 24 heavy (non-hydrogen) atoms. The number of amidine groups is 1. The van der Waals surface area contributed by atoms with Crippen LogP contribution in [0.15, 0.2) is 68.8 Å². The molecule has 0 aliphatic carbocycles. The number of rotatable bonds is 7. The average Bonchev–Trinajstić information content (AvgIpc) is 2.99. The van der Waals surface area contributed by atoms with E-state index in [1.54, 1.807) is 6.26 Å². The van der Waals surface area contributed by atoms with Gasteiger partial charge in [0.2, 0.25) is 0 Å². The van der Waals surface area contributed by atoms with Crippen molar-refractivity contribution in [3.8, 4) is 0 Å². The molecule has 0 atom stereocenters. The molecule has 0 bridgehead atoms. The normalized spacial score (nSPS) is 12.1. The van der Waals surface area contributed by atoms with Gasteiger partial charge in [0.05, 0.1) is 12.8 Å². The summed E-state index contributed by atoms with van der Waals surface area (Å²) in [5.74, 6) is 1.73. The van der Waals surface area contributed by atoms with Crippen molar-refractivity contribution in [1.82, 2.24) is 5.32 Å². The van der Waals surface area contributed by atoms with Crippen molar-refractivity contribution in [1.29, 1.82) is 0 Å². The number of furan rings is 1. The quantitative estimate of drug-likeness (QED) is 0.495. The van der Waals surface area contributed by atoms with Gasteiger partial charge in [-0.15, -0.1) is 0 Å². The Hall–Kier alpha value is -2.01. The molecule has 0 fully saturated rings. The van der Waals surface area contributed by atoms with Crippen LogP contribution in [0.2, 0.25) is 0 Å². The molecule has 1 aromatic heterocycles. The second kappa shape index (κ2) is 8.20. The molecule has 0 radical (unpaired) electrons. The van der Waals surface area contributed by atoms with Gasteiger partial charge in [0.25, 0.3) is 0 Å². The van der Waals surface area contributed by atoms with Crippen LogP contribution < -0.4 is 10.6 Å². The number of hydrogen-bond acceptors (Lipinski definition) is 3. The Kier molecular flexibility index (Phi) is 6.26. The number of aliphatic imine (C=N–C) groups is 1. The number of benzene rings is 1. The lowest BCUT2D eigenvalue weighted by Crippen LogP contribution is -2.37. The molecule has 1 heterocycles. The third-order valence-corrected chi connectivity index (χ3v) is 3.83. The minimum atomic E-state index is -0.168. The smallest absolute Gasteiger partial charge is 0.125 e. The lowest BCUT2D eigenvalue weighted by atomic mass is 9.99. The van der Waals surface area contributed by atoms with Gasteiger partial charge in [-0.2, -0.15) is 0 Å². The fourth-order valence-electron chi connectivity index (χ4n) is 2.35. The molecule has 0 aliphatic rings. The van der Waals surface area contributed by atoms with Crippen LogP contribution in [0.1, 0.15) is 33.0 Å². The summed E-state index contributed by atoms with van der Waals surface area (Å²) in [5, 5.41) is 6.81. The minimum absolute atomic E-state index is 0.168. The molecular formula is C19H24BrN3O. The standard InChI is InChI=1S/C19H24BrN3O/c1-14(2)22-18(21-13-17-6-5-11-24-17)12-19(3,4)23-16-9-7-15(20)8-10-16/h5-11,23H,1,12-13H2,2-4H3,(H,21,22). The highest BCUT2D eigenvalue weighted by atomic mass is 79.9. The van der Waals surface area contributed by atoms with Crippen LogP contribution >= 0.6 is 15.9 Å². The lowest BCUT2D eigenvalue weighted by Gasteiger charge is -2.28. The first-order valence-corrected chi connectivity index (χ1v) is 8.65. The van der Waals surface area contributed by atoms with Crippen molar-refractivity contribution in [3.63, 3.8) is 0 Å². The summed E-state index contributed by atoms with van der Waals surface area (Å²) in [5.41, 5.74) is 1.77. The highest BCUT2D eigenvalue weighted by molar-refractivity contribution is 9.10. The summed E-state index contributed by atoms with van der Waals surface area (Å²) in [7, 11) is 0. The van der Waals surface area contributed by atoms with Crippen molar-refractivity contribution in [3.05, 3.63) is 65.2 Å². The highest BCUT2D eigenvalue weighted by Gasteiger charge is 2.20. The maximum atomic E-state index is 5.35. The second-order valence-electron chi connectivity index (χ2n) is 6.44. The largest absolute Gasteiger partial charge is 0.467 e. The van der Waals surface area contributed by atoms with Gasteiger partial charge < -0.3 is 15.1 Å². The zero-order chi connectivity index (χ0) is 17.6. The number of halogens is 1. The van der Waals surface area contributed by atoms with E-state index in [-0.39, 0.29) is 5.54 Å². The summed E-state index contributed by atoms with van der Waals surface area (Å²) < 4.78 is 6.41. The number of anilines is 1. The van der Waals surface area contributed by atoms with Crippen LogP contribution in [0.3, 0.4) is 0 Å². The van der Waals surface area contributed by atoms with Gasteiger partial charge in [-0.3, -0.25) is 4.99 Å². The molecule has 1 aromatic carbocycles. The molecule has 0 saturated carbocycles. The van der Waals surface area contributed by atoms with Crippen molar-refractivity contribution in [2.75, 3.05) is 5.32 Å². The molecule has 128 valence electrons. The van der Waals surface area contributed by atoms with Gasteiger partial charge in [-0.05, 0) is 57.2 Å². The molecule has 0 spiro atoms. The first-order chi connectivity index (χ1) is 11.3. The first-order valence-electron chi connectivity index (χ1n) is 7.86. The summed E-state index contributed by atoms with van der Waals surface area (Å²) in [6, 6.07) is 11.9. The predicted octanol–water partition coefficient (Wildman–Crippen LogP) is 5.34. The molecule has 2 N–H and O–H groups in total. The van der Waals surface area contributed by atoms with Crippen LogP contribution in [-0.2, 0) is 6.54 Å². The molecule has 5 heteroatoms. The lowest BCUT2D eigenvalue weighted by molar-refractivity contribution is 0.511. The Morgan fingerprint density at radius 1 is 1.25 bits per heavy atom. The van der Waals surface area contributed by atoms with Gasteiger partial charge in [0.15, 0.2) is 0 Å². The SMILES string of the molecule is C=C(C)NC(CC(C)(C)Nc1ccc(Br)cc1)=NCc1ccco1. The molecule has 2 rings (SSSR count). The number of nitrogens with zero attached hydrogens (tertiary/aromatic N) is 1. The molecule has 4 nitrogen and oxygen atoms in total. The maximum Gasteiger partial charge on any atom is 0.125 e. The van der Waals surface area contributed by atoms with Crippen LogP contribution in [0, 0.1) is 0 Å². The Morgan fingerprint density at radius 2 is 1.96 bits per heavy atom. The minimum Gasteiger partial charge on any atom is -0.467 e. The predicted molar refractivity (Wildman–Crippen MR) is 104 cm³/mol. The Bertz CT molecular complexity index is 688. The molecule has 2 aromatic rings. The van der Waals surface area contributed by atoms with Crippen LogP contribution in [-0.4, -0.2) is 11.4 Å². The van der Waals surface area contributed by atoms with E-state index in [2.05, 4.69) is 64.1 Å². The number of hydrogen-bond donors (Lipinski definition) is 2. The summed E-state index contributed by atoms with van der Waals surface area (Å²) in [4.78, 5) is 4.65. The van der Waals surface area contributed by atoms with Crippen molar-refractivity contribution in [2.45, 2.75) is 39.3 Å². The Balaban J connectivity index is 2.06. The third-order valence-electron chi connectivity index (χ3n) is 3.30. The van der Waals surface area contributed by atoms with Gasteiger partial charge in [-0.25, -0.2) is 0 Å². The highest BCUT2D eigenvalue weighted by Crippen LogP contribution is 2.21. The molecular weight excluding hydrogens is 366 g/mol. The Labute approximate surface area is 152 Å². The van der Waals surface area contributed by atoms with Crippen LogP contribution in [0.4, 0.5) is 5.69 Å². The van der Waals surface area contributed by atoms with Crippen molar-refractivity contribution >= 4 is 27.5 Å². The second-order valence-corrected chi connectivity index (χ2v) is 7.36. The molecule has 0 unspecified atom stereocenters. The molecule has 0 aliphatic heterocycles. The van der Waals surface area contributed by atoms with E-state index in [1.165, 1.54) is 0 Å². The van der Waals surface area contributed by atoms with Crippen molar-refractivity contribution in [2.24, 2.45) is 4.99 Å². The van der Waals surface area contributed by atoms with E-state index in [9.17, 15) is 0 Å². The number of nitrogens with one attached hydrogen (secondary N) is 2. The van der Waals surface area contributed by atoms with E-state index in [1.807, 2.05) is 31.2 Å². The zero-order valence-electron chi connectivity index (χ0n) is 14.4. The van der Waals surface area contributed by atoms with Gasteiger partial charge in [0, 0.05) is 27.8 Å².